The van der Waals surface area contributed by atoms with E-state index in [1.165, 1.54) is 4.80 Å². The second-order valence-corrected chi connectivity index (χ2v) is 4.84. The van der Waals surface area contributed by atoms with Crippen molar-refractivity contribution in [3.8, 4) is 5.69 Å². The maximum Gasteiger partial charge on any atom is 0.256 e. The van der Waals surface area contributed by atoms with E-state index in [0.29, 0.717) is 17.1 Å². The van der Waals surface area contributed by atoms with Crippen LogP contribution in [-0.4, -0.2) is 25.9 Å². The van der Waals surface area contributed by atoms with Crippen LogP contribution < -0.4 is 10.6 Å². The third-order valence-corrected chi connectivity index (χ3v) is 3.40. The van der Waals surface area contributed by atoms with Gasteiger partial charge in [-0.1, -0.05) is 18.2 Å². The van der Waals surface area contributed by atoms with Crippen LogP contribution in [0, 0.1) is 0 Å². The summed E-state index contributed by atoms with van der Waals surface area (Å²) in [4.78, 5) is 17.8. The van der Waals surface area contributed by atoms with Crippen molar-refractivity contribution in [2.75, 3.05) is 5.32 Å². The van der Waals surface area contributed by atoms with Crippen LogP contribution >= 0.6 is 0 Å². The van der Waals surface area contributed by atoms with E-state index < -0.39 is 6.17 Å². The summed E-state index contributed by atoms with van der Waals surface area (Å²) in [6, 6.07) is 13.0. The zero-order valence-electron chi connectivity index (χ0n) is 11.5. The number of carbonyl (C=O) groups is 1. The molecule has 108 valence electrons. The first-order chi connectivity index (χ1) is 10.8. The summed E-state index contributed by atoms with van der Waals surface area (Å²) in [5, 5.41) is 14.6. The molecule has 1 atom stereocenters. The summed E-state index contributed by atoms with van der Waals surface area (Å²) < 4.78 is 0. The number of pyridine rings is 1. The average molecular weight is 292 g/mol. The highest BCUT2D eigenvalue weighted by atomic mass is 16.2. The number of rotatable bonds is 2. The maximum absolute atomic E-state index is 12.1. The van der Waals surface area contributed by atoms with Crippen molar-refractivity contribution in [1.29, 1.82) is 0 Å². The molecular weight excluding hydrogens is 280 g/mol. The second kappa shape index (κ2) is 4.96. The van der Waals surface area contributed by atoms with Gasteiger partial charge in [-0.3, -0.25) is 4.79 Å². The molecule has 0 spiro atoms. The van der Waals surface area contributed by atoms with Gasteiger partial charge in [0.1, 0.15) is 17.7 Å². The molecule has 2 N–H and O–H groups in total. The Morgan fingerprint density at radius 3 is 2.77 bits per heavy atom. The van der Waals surface area contributed by atoms with Crippen LogP contribution in [0.25, 0.3) is 5.69 Å². The van der Waals surface area contributed by atoms with Gasteiger partial charge in [-0.15, -0.1) is 5.10 Å². The van der Waals surface area contributed by atoms with Crippen LogP contribution in [0.1, 0.15) is 22.2 Å². The van der Waals surface area contributed by atoms with Crippen molar-refractivity contribution < 1.29 is 4.79 Å². The molecule has 1 aliphatic heterocycles. The van der Waals surface area contributed by atoms with Crippen LogP contribution in [0.4, 0.5) is 5.82 Å². The number of aromatic nitrogens is 4. The number of hydrogen-bond acceptors (Lipinski definition) is 5. The van der Waals surface area contributed by atoms with Crippen molar-refractivity contribution in [2.24, 2.45) is 0 Å². The third kappa shape index (κ3) is 2.08. The molecule has 0 radical (unpaired) electrons. The molecule has 0 aliphatic carbocycles. The highest BCUT2D eigenvalue weighted by Crippen LogP contribution is 2.23. The zero-order valence-corrected chi connectivity index (χ0v) is 11.5. The fraction of sp³-hybridized carbons (Fsp3) is 0.0667. The lowest BCUT2D eigenvalue weighted by molar-refractivity contribution is 0.0934. The molecule has 3 aromatic rings. The molecular formula is C15H12N6O. The summed E-state index contributed by atoms with van der Waals surface area (Å²) in [5.74, 6) is 0.367. The van der Waals surface area contributed by atoms with Gasteiger partial charge in [0.05, 0.1) is 17.4 Å². The van der Waals surface area contributed by atoms with E-state index in [1.54, 1.807) is 24.5 Å². The number of anilines is 1. The Hall–Kier alpha value is -3.22. The molecule has 3 heterocycles. The lowest BCUT2D eigenvalue weighted by Gasteiger charge is -2.25. The first kappa shape index (κ1) is 12.5. The molecule has 7 nitrogen and oxygen atoms in total. The standard InChI is InChI=1S/C15H12N6O/c22-15-11-7-4-8-16-13(11)18-14(19-15)12-9-17-21(20-12)10-5-2-1-3-6-10/h1-9,14H,(H,16,18)(H,19,22)/t14-/m0/s1. The van der Waals surface area contributed by atoms with E-state index in [4.69, 9.17) is 0 Å². The summed E-state index contributed by atoms with van der Waals surface area (Å²) in [5.41, 5.74) is 2.00. The molecule has 4 rings (SSSR count). The lowest BCUT2D eigenvalue weighted by atomic mass is 10.2. The highest BCUT2D eigenvalue weighted by Gasteiger charge is 2.27. The molecule has 2 aromatic heterocycles. The Labute approximate surface area is 126 Å². The fourth-order valence-corrected chi connectivity index (χ4v) is 2.33. The van der Waals surface area contributed by atoms with E-state index in [0.717, 1.165) is 5.69 Å². The Kier molecular flexibility index (Phi) is 2.82. The smallest absolute Gasteiger partial charge is 0.256 e. The number of benzene rings is 1. The summed E-state index contributed by atoms with van der Waals surface area (Å²) in [7, 11) is 0. The third-order valence-electron chi connectivity index (χ3n) is 3.40. The minimum Gasteiger partial charge on any atom is -0.344 e. The van der Waals surface area contributed by atoms with Gasteiger partial charge in [0.2, 0.25) is 0 Å². The minimum absolute atomic E-state index is 0.180. The Balaban J connectivity index is 1.64. The van der Waals surface area contributed by atoms with E-state index in [1.807, 2.05) is 30.3 Å². The van der Waals surface area contributed by atoms with Crippen molar-refractivity contribution in [3.05, 3.63) is 66.1 Å². The molecule has 0 fully saturated rings. The monoisotopic (exact) mass is 292 g/mol. The molecule has 1 aliphatic rings. The van der Waals surface area contributed by atoms with E-state index in [9.17, 15) is 4.79 Å². The van der Waals surface area contributed by atoms with Crippen molar-refractivity contribution in [3.63, 3.8) is 0 Å². The number of amides is 1. The maximum atomic E-state index is 12.1. The zero-order chi connectivity index (χ0) is 14.9. The van der Waals surface area contributed by atoms with E-state index in [2.05, 4.69) is 25.8 Å². The predicted molar refractivity (Wildman–Crippen MR) is 79.4 cm³/mol. The van der Waals surface area contributed by atoms with Gasteiger partial charge in [-0.2, -0.15) is 9.90 Å². The van der Waals surface area contributed by atoms with Gasteiger partial charge in [0.15, 0.2) is 0 Å². The predicted octanol–water partition coefficient (Wildman–Crippen LogP) is 1.52. The SMILES string of the molecule is O=C1N[C@@H](c2cnn(-c3ccccc3)n2)Nc2ncccc21. The topological polar surface area (TPSA) is 84.7 Å². The number of para-hydroxylation sites is 1. The van der Waals surface area contributed by atoms with Crippen LogP contribution in [0.5, 0.6) is 0 Å². The Morgan fingerprint density at radius 1 is 1.05 bits per heavy atom. The number of nitrogens with zero attached hydrogens (tertiary/aromatic N) is 4. The Bertz CT molecular complexity index is 829. The molecule has 0 saturated carbocycles. The molecule has 0 unspecified atom stereocenters. The molecule has 0 saturated heterocycles. The van der Waals surface area contributed by atoms with Gasteiger partial charge >= 0.3 is 0 Å². The second-order valence-electron chi connectivity index (χ2n) is 4.84. The fourth-order valence-electron chi connectivity index (χ4n) is 2.33. The van der Waals surface area contributed by atoms with Crippen molar-refractivity contribution in [1.82, 2.24) is 25.3 Å². The first-order valence-electron chi connectivity index (χ1n) is 6.81. The summed E-state index contributed by atoms with van der Waals surface area (Å²) >= 11 is 0. The molecule has 7 heteroatoms. The minimum atomic E-state index is -0.452. The highest BCUT2D eigenvalue weighted by molar-refractivity contribution is 6.00. The van der Waals surface area contributed by atoms with Gasteiger partial charge in [0, 0.05) is 6.20 Å². The van der Waals surface area contributed by atoms with E-state index >= 15 is 0 Å². The van der Waals surface area contributed by atoms with Crippen LogP contribution in [0.2, 0.25) is 0 Å². The normalized spacial score (nSPS) is 16.5. The van der Waals surface area contributed by atoms with Crippen LogP contribution in [-0.2, 0) is 0 Å². The molecule has 1 aromatic carbocycles. The number of carbonyl (C=O) groups excluding carboxylic acids is 1. The van der Waals surface area contributed by atoms with Crippen molar-refractivity contribution >= 4 is 11.7 Å². The van der Waals surface area contributed by atoms with E-state index in [-0.39, 0.29) is 5.91 Å². The average Bonchev–Trinajstić information content (AvgIpc) is 3.06. The molecule has 0 bridgehead atoms. The number of nitrogens with one attached hydrogen (secondary N) is 2. The van der Waals surface area contributed by atoms with Crippen LogP contribution in [0.15, 0.2) is 54.9 Å². The molecule has 22 heavy (non-hydrogen) atoms. The number of fused-ring (bicyclic) bond motifs is 1. The summed E-state index contributed by atoms with van der Waals surface area (Å²) in [6.45, 7) is 0. The lowest BCUT2D eigenvalue weighted by Crippen LogP contribution is -2.39. The van der Waals surface area contributed by atoms with Gasteiger partial charge in [-0.05, 0) is 24.3 Å². The summed E-state index contributed by atoms with van der Waals surface area (Å²) in [6.07, 6.45) is 2.81. The Morgan fingerprint density at radius 2 is 1.91 bits per heavy atom. The van der Waals surface area contributed by atoms with Crippen molar-refractivity contribution in [2.45, 2.75) is 6.17 Å². The van der Waals surface area contributed by atoms with Crippen LogP contribution in [0.3, 0.4) is 0 Å². The quantitative estimate of drug-likeness (QED) is 0.748. The van der Waals surface area contributed by atoms with Gasteiger partial charge < -0.3 is 10.6 Å². The largest absolute Gasteiger partial charge is 0.344 e. The first-order valence-corrected chi connectivity index (χ1v) is 6.81. The number of hydrogen-bond donors (Lipinski definition) is 2. The van der Waals surface area contributed by atoms with Gasteiger partial charge in [-0.25, -0.2) is 4.98 Å². The molecule has 1 amide bonds. The van der Waals surface area contributed by atoms with Gasteiger partial charge in [0.25, 0.3) is 5.91 Å².